The number of anilines is 2. The Kier molecular flexibility index (Phi) is 5.65. The van der Waals surface area contributed by atoms with Crippen LogP contribution in [0.15, 0.2) is 60.8 Å². The Morgan fingerprint density at radius 3 is 2.23 bits per heavy atom. The van der Waals surface area contributed by atoms with Gasteiger partial charge < -0.3 is 20.3 Å². The van der Waals surface area contributed by atoms with Crippen molar-refractivity contribution in [2.75, 3.05) is 30.8 Å². The molecule has 30 heavy (non-hydrogen) atoms. The minimum absolute atomic E-state index is 0.155. The molecule has 4 rings (SSSR count). The minimum Gasteiger partial charge on any atom is -0.493 e. The van der Waals surface area contributed by atoms with E-state index in [0.29, 0.717) is 17.1 Å². The molecule has 1 aromatic heterocycles. The number of likely N-dealkylation sites (tertiary alicyclic amines) is 1. The third kappa shape index (κ3) is 4.12. The third-order valence-electron chi connectivity index (χ3n) is 4.95. The van der Waals surface area contributed by atoms with Crippen molar-refractivity contribution < 1.29 is 14.3 Å². The molecule has 0 spiro atoms. The fourth-order valence-electron chi connectivity index (χ4n) is 3.37. The summed E-state index contributed by atoms with van der Waals surface area (Å²) in [5.74, 6) is -0.0701. The second-order valence-electron chi connectivity index (χ2n) is 6.95. The van der Waals surface area contributed by atoms with Crippen LogP contribution in [0.1, 0.15) is 23.3 Å². The molecule has 3 aromatic rings. The molecule has 3 amide bonds. The van der Waals surface area contributed by atoms with Gasteiger partial charge in [-0.25, -0.2) is 9.48 Å². The summed E-state index contributed by atoms with van der Waals surface area (Å²) in [6, 6.07) is 16.4. The van der Waals surface area contributed by atoms with Crippen LogP contribution in [0.2, 0.25) is 0 Å². The van der Waals surface area contributed by atoms with Crippen molar-refractivity contribution in [1.29, 1.82) is 0 Å². The van der Waals surface area contributed by atoms with Crippen molar-refractivity contribution in [3.05, 3.63) is 66.5 Å². The molecule has 2 aromatic carbocycles. The number of urea groups is 1. The SMILES string of the molecule is COc1cn(-c2ccccc2)nc1C(=O)Nc1ccccc1NC(=O)N1CCCC1. The molecule has 2 heterocycles. The molecule has 0 aliphatic carbocycles. The molecule has 1 aliphatic rings. The minimum atomic E-state index is -0.426. The van der Waals surface area contributed by atoms with Gasteiger partial charge in [-0.1, -0.05) is 30.3 Å². The second-order valence-corrected chi connectivity index (χ2v) is 6.95. The van der Waals surface area contributed by atoms with Gasteiger partial charge in [-0.3, -0.25) is 4.79 Å². The van der Waals surface area contributed by atoms with Crippen molar-refractivity contribution in [1.82, 2.24) is 14.7 Å². The molecule has 8 heteroatoms. The number of benzene rings is 2. The van der Waals surface area contributed by atoms with E-state index >= 15 is 0 Å². The van der Waals surface area contributed by atoms with E-state index in [1.165, 1.54) is 7.11 Å². The van der Waals surface area contributed by atoms with E-state index in [-0.39, 0.29) is 11.7 Å². The van der Waals surface area contributed by atoms with E-state index in [1.807, 2.05) is 30.3 Å². The van der Waals surface area contributed by atoms with Gasteiger partial charge in [0, 0.05) is 13.1 Å². The first-order valence-electron chi connectivity index (χ1n) is 9.81. The van der Waals surface area contributed by atoms with Crippen LogP contribution >= 0.6 is 0 Å². The van der Waals surface area contributed by atoms with E-state index in [2.05, 4.69) is 15.7 Å². The first kappa shape index (κ1) is 19.5. The van der Waals surface area contributed by atoms with Crippen LogP contribution in [0, 0.1) is 0 Å². The topological polar surface area (TPSA) is 88.5 Å². The van der Waals surface area contributed by atoms with Gasteiger partial charge in [0.15, 0.2) is 11.4 Å². The molecule has 0 atom stereocenters. The molecule has 0 saturated carbocycles. The van der Waals surface area contributed by atoms with Gasteiger partial charge in [-0.2, -0.15) is 5.10 Å². The number of rotatable bonds is 5. The molecule has 2 N–H and O–H groups in total. The summed E-state index contributed by atoms with van der Waals surface area (Å²) < 4.78 is 6.94. The van der Waals surface area contributed by atoms with Crippen LogP contribution < -0.4 is 15.4 Å². The average Bonchev–Trinajstić information content (AvgIpc) is 3.46. The van der Waals surface area contributed by atoms with Crippen LogP contribution in [0.4, 0.5) is 16.2 Å². The number of carbonyl (C=O) groups excluding carboxylic acids is 2. The number of hydrogen-bond donors (Lipinski definition) is 2. The molecule has 1 saturated heterocycles. The summed E-state index contributed by atoms with van der Waals surface area (Å²) in [4.78, 5) is 27.2. The number of nitrogens with zero attached hydrogens (tertiary/aromatic N) is 3. The van der Waals surface area contributed by atoms with Crippen molar-refractivity contribution in [3.8, 4) is 11.4 Å². The van der Waals surface area contributed by atoms with Crippen LogP contribution in [-0.4, -0.2) is 46.8 Å². The number of aromatic nitrogens is 2. The Labute approximate surface area is 174 Å². The van der Waals surface area contributed by atoms with Gasteiger partial charge in [0.2, 0.25) is 0 Å². The van der Waals surface area contributed by atoms with Crippen LogP contribution in [0.25, 0.3) is 5.69 Å². The Bertz CT molecular complexity index is 1040. The van der Waals surface area contributed by atoms with E-state index in [0.717, 1.165) is 31.6 Å². The van der Waals surface area contributed by atoms with Gasteiger partial charge in [0.1, 0.15) is 0 Å². The van der Waals surface area contributed by atoms with Crippen molar-refractivity contribution in [3.63, 3.8) is 0 Å². The predicted octanol–water partition coefficient (Wildman–Crippen LogP) is 3.76. The van der Waals surface area contributed by atoms with Gasteiger partial charge >= 0.3 is 6.03 Å². The Morgan fingerprint density at radius 1 is 0.933 bits per heavy atom. The predicted molar refractivity (Wildman–Crippen MR) is 114 cm³/mol. The lowest BCUT2D eigenvalue weighted by molar-refractivity contribution is 0.101. The van der Waals surface area contributed by atoms with Crippen molar-refractivity contribution >= 4 is 23.3 Å². The lowest BCUT2D eigenvalue weighted by atomic mass is 10.2. The maximum Gasteiger partial charge on any atom is 0.321 e. The highest BCUT2D eigenvalue weighted by Gasteiger charge is 2.21. The van der Waals surface area contributed by atoms with Gasteiger partial charge in [0.25, 0.3) is 5.91 Å². The van der Waals surface area contributed by atoms with Crippen LogP contribution in [-0.2, 0) is 0 Å². The van der Waals surface area contributed by atoms with E-state index in [4.69, 9.17) is 4.74 Å². The summed E-state index contributed by atoms with van der Waals surface area (Å²) in [6.07, 6.45) is 3.68. The third-order valence-corrected chi connectivity index (χ3v) is 4.95. The normalized spacial score (nSPS) is 13.2. The van der Waals surface area contributed by atoms with Crippen molar-refractivity contribution in [2.24, 2.45) is 0 Å². The number of nitrogens with one attached hydrogen (secondary N) is 2. The smallest absolute Gasteiger partial charge is 0.321 e. The molecule has 8 nitrogen and oxygen atoms in total. The zero-order valence-corrected chi connectivity index (χ0v) is 16.7. The summed E-state index contributed by atoms with van der Waals surface area (Å²) >= 11 is 0. The Morgan fingerprint density at radius 2 is 1.57 bits per heavy atom. The van der Waals surface area contributed by atoms with Gasteiger partial charge in [-0.05, 0) is 37.1 Å². The maximum absolute atomic E-state index is 12.9. The Balaban J connectivity index is 1.54. The molecular formula is C22H23N5O3. The number of methoxy groups -OCH3 is 1. The molecule has 0 radical (unpaired) electrons. The number of para-hydroxylation sites is 3. The lowest BCUT2D eigenvalue weighted by Gasteiger charge is -2.18. The Hall–Kier alpha value is -3.81. The highest BCUT2D eigenvalue weighted by molar-refractivity contribution is 6.07. The summed E-state index contributed by atoms with van der Waals surface area (Å²) in [5, 5.41) is 10.1. The first-order chi connectivity index (χ1) is 14.7. The standard InChI is InChI=1S/C22H23N5O3/c1-30-19-15-27(16-9-3-2-4-10-16)25-20(19)21(28)23-17-11-5-6-12-18(17)24-22(29)26-13-7-8-14-26/h2-6,9-12,15H,7-8,13-14H2,1H3,(H,23,28)(H,24,29). The number of ether oxygens (including phenoxy) is 1. The fraction of sp³-hybridized carbons (Fsp3) is 0.227. The van der Waals surface area contributed by atoms with E-state index in [1.54, 1.807) is 40.0 Å². The second kappa shape index (κ2) is 8.69. The maximum atomic E-state index is 12.9. The molecule has 1 fully saturated rings. The fourth-order valence-corrected chi connectivity index (χ4v) is 3.37. The van der Waals surface area contributed by atoms with E-state index in [9.17, 15) is 9.59 Å². The largest absolute Gasteiger partial charge is 0.493 e. The number of amides is 3. The molecule has 154 valence electrons. The average molecular weight is 405 g/mol. The number of hydrogen-bond acceptors (Lipinski definition) is 4. The summed E-state index contributed by atoms with van der Waals surface area (Å²) in [7, 11) is 1.49. The van der Waals surface area contributed by atoms with Gasteiger partial charge in [0.05, 0.1) is 30.4 Å². The molecule has 0 unspecified atom stereocenters. The molecule has 0 bridgehead atoms. The highest BCUT2D eigenvalue weighted by atomic mass is 16.5. The monoisotopic (exact) mass is 405 g/mol. The highest BCUT2D eigenvalue weighted by Crippen LogP contribution is 2.25. The molecule has 1 aliphatic heterocycles. The zero-order chi connectivity index (χ0) is 20.9. The summed E-state index contributed by atoms with van der Waals surface area (Å²) in [5.41, 5.74) is 1.99. The van der Waals surface area contributed by atoms with Crippen LogP contribution in [0.3, 0.4) is 0 Å². The van der Waals surface area contributed by atoms with Gasteiger partial charge in [-0.15, -0.1) is 0 Å². The first-order valence-corrected chi connectivity index (χ1v) is 9.81. The quantitative estimate of drug-likeness (QED) is 0.676. The number of carbonyl (C=O) groups is 2. The van der Waals surface area contributed by atoms with Crippen LogP contribution in [0.5, 0.6) is 5.75 Å². The summed E-state index contributed by atoms with van der Waals surface area (Å²) in [6.45, 7) is 1.49. The zero-order valence-electron chi connectivity index (χ0n) is 16.7. The molecular weight excluding hydrogens is 382 g/mol. The van der Waals surface area contributed by atoms with E-state index < -0.39 is 5.91 Å². The lowest BCUT2D eigenvalue weighted by Crippen LogP contribution is -2.32. The van der Waals surface area contributed by atoms with Crippen molar-refractivity contribution in [2.45, 2.75) is 12.8 Å².